The van der Waals surface area contributed by atoms with Gasteiger partial charge in [-0.15, -0.1) is 0 Å². The van der Waals surface area contributed by atoms with Gasteiger partial charge in [-0.25, -0.2) is 9.69 Å². The molecular formula is C27H25N3O6S. The average molecular weight is 520 g/mol. The van der Waals surface area contributed by atoms with Gasteiger partial charge in [0.15, 0.2) is 5.11 Å². The molecule has 0 bridgehead atoms. The maximum Gasteiger partial charge on any atom is 0.339 e. The van der Waals surface area contributed by atoms with Gasteiger partial charge in [0.2, 0.25) is 0 Å². The van der Waals surface area contributed by atoms with Crippen molar-refractivity contribution in [1.29, 1.82) is 0 Å². The second-order valence-corrected chi connectivity index (χ2v) is 8.55. The number of benzene rings is 2. The molecule has 2 amide bonds. The summed E-state index contributed by atoms with van der Waals surface area (Å²) >= 11 is 5.33. The molecule has 1 saturated heterocycles. The number of ether oxygens (including phenoxy) is 3. The highest BCUT2D eigenvalue weighted by atomic mass is 32.1. The predicted octanol–water partition coefficient (Wildman–Crippen LogP) is 3.73. The van der Waals surface area contributed by atoms with E-state index in [0.717, 1.165) is 11.4 Å². The van der Waals surface area contributed by atoms with Crippen LogP contribution in [-0.4, -0.2) is 48.8 Å². The lowest BCUT2D eigenvalue weighted by Crippen LogP contribution is -2.54. The molecule has 0 spiro atoms. The summed E-state index contributed by atoms with van der Waals surface area (Å²) in [5.41, 5.74) is 3.43. The van der Waals surface area contributed by atoms with Crippen LogP contribution in [0, 0.1) is 13.8 Å². The highest BCUT2D eigenvalue weighted by Gasteiger charge is 2.36. The predicted molar refractivity (Wildman–Crippen MR) is 142 cm³/mol. The first-order valence-corrected chi connectivity index (χ1v) is 11.6. The molecule has 3 aromatic rings. The minimum absolute atomic E-state index is 0.0619. The van der Waals surface area contributed by atoms with Crippen LogP contribution in [0.25, 0.3) is 11.8 Å². The molecule has 0 atom stereocenters. The Hall–Kier alpha value is -4.44. The van der Waals surface area contributed by atoms with Crippen LogP contribution in [0.15, 0.2) is 54.1 Å². The lowest BCUT2D eigenvalue weighted by Gasteiger charge is -2.30. The Morgan fingerprint density at radius 2 is 1.70 bits per heavy atom. The second-order valence-electron chi connectivity index (χ2n) is 8.17. The molecule has 0 aliphatic carbocycles. The van der Waals surface area contributed by atoms with Crippen molar-refractivity contribution < 1.29 is 28.6 Å². The zero-order chi connectivity index (χ0) is 26.9. The second kappa shape index (κ2) is 10.3. The van der Waals surface area contributed by atoms with Gasteiger partial charge < -0.3 is 18.8 Å². The molecular weight excluding hydrogens is 494 g/mol. The van der Waals surface area contributed by atoms with Gasteiger partial charge in [-0.3, -0.25) is 14.9 Å². The minimum atomic E-state index is -0.613. The lowest BCUT2D eigenvalue weighted by molar-refractivity contribution is -0.122. The molecule has 1 aromatic heterocycles. The molecule has 1 fully saturated rings. The number of amides is 2. The number of anilines is 1. The summed E-state index contributed by atoms with van der Waals surface area (Å²) in [5, 5.41) is 2.53. The van der Waals surface area contributed by atoms with Gasteiger partial charge in [0.05, 0.1) is 38.3 Å². The number of hydrogen-bond acceptors (Lipinski definition) is 7. The number of nitrogens with zero attached hydrogens (tertiary/aromatic N) is 2. The largest absolute Gasteiger partial charge is 0.497 e. The normalized spacial score (nSPS) is 14.6. The molecule has 2 heterocycles. The first kappa shape index (κ1) is 25.6. The van der Waals surface area contributed by atoms with Crippen LogP contribution in [0.5, 0.6) is 11.5 Å². The van der Waals surface area contributed by atoms with Crippen molar-refractivity contribution in [2.45, 2.75) is 13.8 Å². The first-order valence-electron chi connectivity index (χ1n) is 11.2. The van der Waals surface area contributed by atoms with Crippen LogP contribution in [0.1, 0.15) is 27.3 Å². The molecule has 1 aliphatic rings. The fourth-order valence-corrected chi connectivity index (χ4v) is 4.53. The molecule has 0 saturated carbocycles. The summed E-state index contributed by atoms with van der Waals surface area (Å²) in [5.74, 6) is -0.795. The van der Waals surface area contributed by atoms with Crippen LogP contribution < -0.4 is 19.7 Å². The maximum absolute atomic E-state index is 13.6. The van der Waals surface area contributed by atoms with E-state index in [9.17, 15) is 14.4 Å². The van der Waals surface area contributed by atoms with Gasteiger partial charge >= 0.3 is 5.97 Å². The number of nitrogens with one attached hydrogen (secondary N) is 1. The Labute approximate surface area is 219 Å². The molecule has 4 rings (SSSR count). The molecule has 190 valence electrons. The zero-order valence-electron chi connectivity index (χ0n) is 20.9. The van der Waals surface area contributed by atoms with Crippen molar-refractivity contribution in [2.75, 3.05) is 26.2 Å². The number of para-hydroxylation sites is 1. The highest BCUT2D eigenvalue weighted by molar-refractivity contribution is 7.80. The van der Waals surface area contributed by atoms with E-state index in [1.54, 1.807) is 36.4 Å². The Bertz CT molecular complexity index is 1470. The van der Waals surface area contributed by atoms with Crippen LogP contribution >= 0.6 is 12.2 Å². The number of aryl methyl sites for hydroxylation is 1. The Balaban J connectivity index is 1.80. The smallest absolute Gasteiger partial charge is 0.339 e. The van der Waals surface area contributed by atoms with E-state index in [1.807, 2.05) is 30.5 Å². The van der Waals surface area contributed by atoms with Gasteiger partial charge in [-0.05, 0) is 68.0 Å². The number of aromatic nitrogens is 1. The van der Waals surface area contributed by atoms with Crippen molar-refractivity contribution in [2.24, 2.45) is 0 Å². The Morgan fingerprint density at radius 1 is 0.973 bits per heavy atom. The molecule has 9 nitrogen and oxygen atoms in total. The summed E-state index contributed by atoms with van der Waals surface area (Å²) < 4.78 is 17.5. The van der Waals surface area contributed by atoms with Crippen molar-refractivity contribution >= 4 is 46.9 Å². The fourth-order valence-electron chi connectivity index (χ4n) is 4.26. The highest BCUT2D eigenvalue weighted by Crippen LogP contribution is 2.35. The average Bonchev–Trinajstić information content (AvgIpc) is 3.18. The number of carbonyl (C=O) groups excluding carboxylic acids is 3. The number of esters is 1. The molecule has 0 unspecified atom stereocenters. The monoisotopic (exact) mass is 519 g/mol. The molecule has 0 radical (unpaired) electrons. The van der Waals surface area contributed by atoms with Crippen LogP contribution in [0.3, 0.4) is 0 Å². The zero-order valence-corrected chi connectivity index (χ0v) is 21.8. The third-order valence-electron chi connectivity index (χ3n) is 6.05. The lowest BCUT2D eigenvalue weighted by atomic mass is 10.1. The Kier molecular flexibility index (Phi) is 7.12. The van der Waals surface area contributed by atoms with Gasteiger partial charge in [0.1, 0.15) is 17.1 Å². The van der Waals surface area contributed by atoms with E-state index >= 15 is 0 Å². The third kappa shape index (κ3) is 4.58. The molecule has 10 heteroatoms. The van der Waals surface area contributed by atoms with Crippen LogP contribution in [-0.2, 0) is 14.3 Å². The number of methoxy groups -OCH3 is 3. The van der Waals surface area contributed by atoms with Gasteiger partial charge in [-0.2, -0.15) is 0 Å². The first-order chi connectivity index (χ1) is 17.7. The topological polar surface area (TPSA) is 99.1 Å². The third-order valence-corrected chi connectivity index (χ3v) is 6.33. The molecule has 37 heavy (non-hydrogen) atoms. The van der Waals surface area contributed by atoms with Gasteiger partial charge in [0, 0.05) is 17.5 Å². The maximum atomic E-state index is 13.6. The van der Waals surface area contributed by atoms with E-state index in [4.69, 9.17) is 26.4 Å². The summed E-state index contributed by atoms with van der Waals surface area (Å²) in [6.07, 6.45) is 1.52. The van der Waals surface area contributed by atoms with Crippen LogP contribution in [0.4, 0.5) is 5.69 Å². The number of thiocarbonyl (C=S) groups is 1. The van der Waals surface area contributed by atoms with Crippen LogP contribution in [0.2, 0.25) is 0 Å². The quantitative estimate of drug-likeness (QED) is 0.229. The van der Waals surface area contributed by atoms with E-state index in [1.165, 1.54) is 32.3 Å². The standard InChI is InChI=1S/C27H25N3O6S/c1-15-12-17(16(2)29(15)21-9-7-6-8-19(21)26(33)36-5)13-20-24(31)28-27(37)30(25(20)32)22-11-10-18(34-3)14-23(22)35-4/h6-14H,1-5H3,(H,28,31,37)/b20-13+. The van der Waals surface area contributed by atoms with E-state index < -0.39 is 17.8 Å². The molecule has 1 aliphatic heterocycles. The van der Waals surface area contributed by atoms with E-state index in [-0.39, 0.29) is 10.7 Å². The molecule has 1 N–H and O–H groups in total. The van der Waals surface area contributed by atoms with Crippen molar-refractivity contribution in [1.82, 2.24) is 9.88 Å². The summed E-state index contributed by atoms with van der Waals surface area (Å²) in [6, 6.07) is 13.8. The van der Waals surface area contributed by atoms with Gasteiger partial charge in [0.25, 0.3) is 11.8 Å². The number of hydrogen-bond donors (Lipinski definition) is 1. The van der Waals surface area contributed by atoms with Crippen molar-refractivity contribution in [3.05, 3.63) is 76.6 Å². The molecule has 2 aromatic carbocycles. The fraction of sp³-hybridized carbons (Fsp3) is 0.185. The number of carbonyl (C=O) groups is 3. The van der Waals surface area contributed by atoms with Crippen molar-refractivity contribution in [3.63, 3.8) is 0 Å². The number of rotatable bonds is 6. The Morgan fingerprint density at radius 3 is 2.38 bits per heavy atom. The summed E-state index contributed by atoms with van der Waals surface area (Å²) in [7, 11) is 4.31. The summed E-state index contributed by atoms with van der Waals surface area (Å²) in [6.45, 7) is 3.71. The van der Waals surface area contributed by atoms with E-state index in [2.05, 4.69) is 5.32 Å². The van der Waals surface area contributed by atoms with E-state index in [0.29, 0.717) is 34.0 Å². The minimum Gasteiger partial charge on any atom is -0.497 e. The van der Waals surface area contributed by atoms with Crippen molar-refractivity contribution in [3.8, 4) is 17.2 Å². The summed E-state index contributed by atoms with van der Waals surface area (Å²) in [4.78, 5) is 40.0. The van der Waals surface area contributed by atoms with Gasteiger partial charge in [-0.1, -0.05) is 12.1 Å². The SMILES string of the molecule is COC(=O)c1ccccc1-n1c(C)cc(/C=C2\C(=O)NC(=S)N(c3ccc(OC)cc3OC)C2=O)c1C.